The van der Waals surface area contributed by atoms with Crippen LogP contribution in [0.15, 0.2) is 42.5 Å². The van der Waals surface area contributed by atoms with Gasteiger partial charge in [-0.2, -0.15) is 0 Å². The van der Waals surface area contributed by atoms with Crippen molar-refractivity contribution in [1.29, 1.82) is 0 Å². The first-order chi connectivity index (χ1) is 13.6. The monoisotopic (exact) mass is 390 g/mol. The van der Waals surface area contributed by atoms with Gasteiger partial charge in [0.25, 0.3) is 0 Å². The fourth-order valence-corrected chi connectivity index (χ4v) is 3.29. The Labute approximate surface area is 169 Å². The van der Waals surface area contributed by atoms with E-state index in [2.05, 4.69) is 26.0 Å². The van der Waals surface area contributed by atoms with Crippen LogP contribution in [0.25, 0.3) is 0 Å². The molecule has 0 amide bonds. The van der Waals surface area contributed by atoms with Gasteiger partial charge in [-0.05, 0) is 24.8 Å². The Morgan fingerprint density at radius 3 is 2.64 bits per heavy atom. The average molecular weight is 391 g/mol. The number of carbonyl (C=O) groups excluding carboxylic acids is 1. The molecule has 1 aliphatic heterocycles. The first-order valence-electron chi connectivity index (χ1n) is 10.3. The molecule has 0 aromatic heterocycles. The lowest BCUT2D eigenvalue weighted by molar-refractivity contribution is -0.171. The predicted molar refractivity (Wildman–Crippen MR) is 109 cm³/mol. The quantitative estimate of drug-likeness (QED) is 0.292. The molecule has 0 N–H and O–H groups in total. The minimum atomic E-state index is -0.408. The van der Waals surface area contributed by atoms with Gasteiger partial charge in [0.15, 0.2) is 5.79 Å². The van der Waals surface area contributed by atoms with Crippen molar-refractivity contribution in [3.63, 3.8) is 0 Å². The molecule has 0 spiro atoms. The normalized spacial score (nSPS) is 19.8. The number of ether oxygens (including phenoxy) is 4. The molecule has 1 aliphatic rings. The summed E-state index contributed by atoms with van der Waals surface area (Å²) in [7, 11) is 0. The highest BCUT2D eigenvalue weighted by Gasteiger charge is 2.37. The zero-order valence-corrected chi connectivity index (χ0v) is 17.4. The minimum absolute atomic E-state index is 0.0949. The average Bonchev–Trinajstić information content (AvgIpc) is 3.13. The van der Waals surface area contributed by atoms with E-state index in [1.54, 1.807) is 0 Å². The number of esters is 1. The molecule has 1 saturated heterocycles. The van der Waals surface area contributed by atoms with Gasteiger partial charge in [0.05, 0.1) is 25.9 Å². The van der Waals surface area contributed by atoms with Crippen molar-refractivity contribution < 1.29 is 23.7 Å². The van der Waals surface area contributed by atoms with Gasteiger partial charge in [0.1, 0.15) is 6.10 Å². The molecule has 0 saturated carbocycles. The smallest absolute Gasteiger partial charge is 0.302 e. The summed E-state index contributed by atoms with van der Waals surface area (Å²) < 4.78 is 23.0. The maximum absolute atomic E-state index is 11.4. The lowest BCUT2D eigenvalue weighted by Crippen LogP contribution is -2.28. The molecule has 2 atom stereocenters. The maximum atomic E-state index is 11.4. The van der Waals surface area contributed by atoms with Crippen LogP contribution >= 0.6 is 0 Å². The molecule has 2 rings (SSSR count). The molecule has 0 radical (unpaired) electrons. The van der Waals surface area contributed by atoms with E-state index in [0.717, 1.165) is 24.8 Å². The Bertz CT molecular complexity index is 594. The van der Waals surface area contributed by atoms with E-state index < -0.39 is 5.79 Å². The van der Waals surface area contributed by atoms with Crippen molar-refractivity contribution in [3.05, 3.63) is 48.0 Å². The Balaban J connectivity index is 1.69. The Morgan fingerprint density at radius 2 is 2.00 bits per heavy atom. The zero-order valence-electron chi connectivity index (χ0n) is 17.4. The van der Waals surface area contributed by atoms with Crippen LogP contribution in [0.2, 0.25) is 0 Å². The summed E-state index contributed by atoms with van der Waals surface area (Å²) in [6, 6.07) is 10.0. The third-order valence-corrected chi connectivity index (χ3v) is 4.98. The maximum Gasteiger partial charge on any atom is 0.302 e. The second-order valence-corrected chi connectivity index (χ2v) is 7.17. The van der Waals surface area contributed by atoms with Crippen molar-refractivity contribution in [3.8, 4) is 0 Å². The number of hydrogen-bond acceptors (Lipinski definition) is 5. The molecule has 1 heterocycles. The highest BCUT2D eigenvalue weighted by Crippen LogP contribution is 2.31. The molecule has 1 fully saturated rings. The molecular formula is C23H34O5. The summed E-state index contributed by atoms with van der Waals surface area (Å²) in [4.78, 5) is 11.4. The first-order valence-corrected chi connectivity index (χ1v) is 10.3. The van der Waals surface area contributed by atoms with Gasteiger partial charge < -0.3 is 18.9 Å². The van der Waals surface area contributed by atoms with E-state index in [0.29, 0.717) is 32.7 Å². The molecule has 156 valence electrons. The lowest BCUT2D eigenvalue weighted by Gasteiger charge is -2.24. The van der Waals surface area contributed by atoms with Crippen LogP contribution in [0.1, 0.15) is 58.4 Å². The third kappa shape index (κ3) is 7.74. The third-order valence-electron chi connectivity index (χ3n) is 4.98. The van der Waals surface area contributed by atoms with Gasteiger partial charge in [-0.1, -0.05) is 56.3 Å². The van der Waals surface area contributed by atoms with Crippen LogP contribution in [0.4, 0.5) is 0 Å². The van der Waals surface area contributed by atoms with Gasteiger partial charge in [-0.3, -0.25) is 4.79 Å². The summed E-state index contributed by atoms with van der Waals surface area (Å²) in [6.45, 7) is 7.37. The van der Waals surface area contributed by atoms with E-state index in [-0.39, 0.29) is 18.2 Å². The Hall–Kier alpha value is -1.69. The highest BCUT2D eigenvalue weighted by molar-refractivity contribution is 5.66. The first kappa shape index (κ1) is 22.6. The van der Waals surface area contributed by atoms with E-state index in [1.807, 2.05) is 30.3 Å². The number of benzene rings is 1. The molecule has 28 heavy (non-hydrogen) atoms. The number of hydrogen-bond donors (Lipinski definition) is 0. The van der Waals surface area contributed by atoms with Gasteiger partial charge in [0.2, 0.25) is 0 Å². The van der Waals surface area contributed by atoms with Gasteiger partial charge in [0, 0.05) is 19.8 Å². The minimum Gasteiger partial charge on any atom is -0.462 e. The summed E-state index contributed by atoms with van der Waals surface area (Å²) in [5.74, 6) is -0.667. The summed E-state index contributed by atoms with van der Waals surface area (Å²) in [5, 5.41) is 0. The summed E-state index contributed by atoms with van der Waals surface area (Å²) in [5.41, 5.74) is 1.14. The molecular weight excluding hydrogens is 356 g/mol. The van der Waals surface area contributed by atoms with Crippen molar-refractivity contribution in [2.45, 2.75) is 77.5 Å². The molecule has 1 aromatic carbocycles. The van der Waals surface area contributed by atoms with E-state index >= 15 is 0 Å². The zero-order chi connectivity index (χ0) is 20.2. The second-order valence-electron chi connectivity index (χ2n) is 7.17. The van der Waals surface area contributed by atoms with E-state index in [9.17, 15) is 4.79 Å². The van der Waals surface area contributed by atoms with Crippen LogP contribution < -0.4 is 0 Å². The molecule has 5 nitrogen and oxygen atoms in total. The SMILES string of the molecule is CCC1(CC)OCC(C/C=C\CC(CCOCc2ccccc2)OC(C)=O)O1. The van der Waals surface area contributed by atoms with E-state index in [4.69, 9.17) is 18.9 Å². The van der Waals surface area contributed by atoms with Crippen molar-refractivity contribution >= 4 is 5.97 Å². The molecule has 5 heteroatoms. The fraction of sp³-hybridized carbons (Fsp3) is 0.609. The largest absolute Gasteiger partial charge is 0.462 e. The van der Waals surface area contributed by atoms with Crippen molar-refractivity contribution in [2.75, 3.05) is 13.2 Å². The van der Waals surface area contributed by atoms with Gasteiger partial charge in [-0.25, -0.2) is 0 Å². The Kier molecular flexibility index (Phi) is 9.68. The standard InChI is InChI=1S/C23H34O5/c1-4-23(5-2)26-18-22(28-23)14-10-9-13-21(27-19(3)24)15-16-25-17-20-11-7-6-8-12-20/h6-12,21-22H,4-5,13-18H2,1-3H3/b10-9-. The topological polar surface area (TPSA) is 54.0 Å². The molecule has 1 aromatic rings. The van der Waals surface area contributed by atoms with Crippen LogP contribution in [-0.4, -0.2) is 37.2 Å². The number of rotatable bonds is 12. The molecule has 2 unspecified atom stereocenters. The predicted octanol–water partition coefficient (Wildman–Crippen LogP) is 4.79. The van der Waals surface area contributed by atoms with Crippen LogP contribution in [0.5, 0.6) is 0 Å². The van der Waals surface area contributed by atoms with Crippen LogP contribution in [0.3, 0.4) is 0 Å². The van der Waals surface area contributed by atoms with Crippen LogP contribution in [-0.2, 0) is 30.3 Å². The van der Waals surface area contributed by atoms with Crippen molar-refractivity contribution in [1.82, 2.24) is 0 Å². The molecule has 0 bridgehead atoms. The summed E-state index contributed by atoms with van der Waals surface area (Å²) in [6.07, 6.45) is 7.96. The second kappa shape index (κ2) is 12.0. The van der Waals surface area contributed by atoms with Gasteiger partial charge >= 0.3 is 5.97 Å². The fourth-order valence-electron chi connectivity index (χ4n) is 3.29. The summed E-state index contributed by atoms with van der Waals surface area (Å²) >= 11 is 0. The van der Waals surface area contributed by atoms with Gasteiger partial charge in [-0.15, -0.1) is 0 Å². The molecule has 0 aliphatic carbocycles. The van der Waals surface area contributed by atoms with Crippen molar-refractivity contribution in [2.24, 2.45) is 0 Å². The highest BCUT2D eigenvalue weighted by atomic mass is 16.7. The lowest BCUT2D eigenvalue weighted by atomic mass is 10.1. The van der Waals surface area contributed by atoms with E-state index in [1.165, 1.54) is 6.92 Å². The number of carbonyl (C=O) groups is 1. The Morgan fingerprint density at radius 1 is 1.25 bits per heavy atom. The van der Waals surface area contributed by atoms with Crippen LogP contribution in [0, 0.1) is 0 Å².